The fourth-order valence-corrected chi connectivity index (χ4v) is 4.38. The van der Waals surface area contributed by atoms with Crippen molar-refractivity contribution < 1.29 is 18.7 Å². The molecular formula is C21H30FNO3. The summed E-state index contributed by atoms with van der Waals surface area (Å²) in [5.41, 5.74) is 0.837. The number of piperidine rings is 1. The molecule has 26 heavy (non-hydrogen) atoms. The molecule has 0 bridgehead atoms. The third-order valence-electron chi connectivity index (χ3n) is 5.82. The van der Waals surface area contributed by atoms with Gasteiger partial charge in [0, 0.05) is 31.7 Å². The number of carbonyl (C=O) groups excluding carboxylic acids is 1. The molecule has 2 unspecified atom stereocenters. The van der Waals surface area contributed by atoms with Gasteiger partial charge < -0.3 is 14.4 Å². The van der Waals surface area contributed by atoms with E-state index in [1.54, 1.807) is 6.07 Å². The smallest absolute Gasteiger partial charge is 0.225 e. The highest BCUT2D eigenvalue weighted by atomic mass is 19.1. The Kier molecular flexibility index (Phi) is 6.52. The number of amides is 1. The van der Waals surface area contributed by atoms with Gasteiger partial charge in [-0.3, -0.25) is 4.79 Å². The Bertz CT molecular complexity index is 615. The quantitative estimate of drug-likeness (QED) is 0.798. The van der Waals surface area contributed by atoms with Crippen LogP contribution in [0.3, 0.4) is 0 Å². The second-order valence-corrected chi connectivity index (χ2v) is 7.62. The molecule has 0 aliphatic carbocycles. The van der Waals surface area contributed by atoms with Crippen molar-refractivity contribution in [3.8, 4) is 5.75 Å². The van der Waals surface area contributed by atoms with E-state index in [-0.39, 0.29) is 23.4 Å². The standard InChI is InChI=1S/C21H30FNO3/c1-15(13-16-6-7-20(25-2)18(22)14-16)21(24)23-10-4-3-5-19(23)17-8-11-26-12-9-17/h6-7,14-15,17,19H,3-5,8-13H2,1-2H3. The molecule has 0 aromatic heterocycles. The van der Waals surface area contributed by atoms with E-state index in [1.165, 1.54) is 19.6 Å². The second kappa shape index (κ2) is 8.85. The van der Waals surface area contributed by atoms with Gasteiger partial charge in [0.2, 0.25) is 5.91 Å². The number of hydrogen-bond donors (Lipinski definition) is 0. The Morgan fingerprint density at radius 2 is 2.08 bits per heavy atom. The maximum atomic E-state index is 13.9. The van der Waals surface area contributed by atoms with Gasteiger partial charge in [-0.25, -0.2) is 4.39 Å². The van der Waals surface area contributed by atoms with Crippen LogP contribution in [-0.2, 0) is 16.0 Å². The fraction of sp³-hybridized carbons (Fsp3) is 0.667. The van der Waals surface area contributed by atoms with Crippen molar-refractivity contribution in [3.63, 3.8) is 0 Å². The zero-order valence-electron chi connectivity index (χ0n) is 15.9. The molecule has 0 spiro atoms. The van der Waals surface area contributed by atoms with E-state index in [0.717, 1.165) is 51.0 Å². The number of likely N-dealkylation sites (tertiary alicyclic amines) is 1. The predicted octanol–water partition coefficient (Wildman–Crippen LogP) is 3.82. The molecule has 2 aliphatic heterocycles. The summed E-state index contributed by atoms with van der Waals surface area (Å²) < 4.78 is 24.4. The summed E-state index contributed by atoms with van der Waals surface area (Å²) in [4.78, 5) is 15.3. The van der Waals surface area contributed by atoms with Crippen molar-refractivity contribution >= 4 is 5.91 Å². The van der Waals surface area contributed by atoms with Crippen LogP contribution in [0.1, 0.15) is 44.6 Å². The first-order valence-electron chi connectivity index (χ1n) is 9.80. The van der Waals surface area contributed by atoms with Gasteiger partial charge in [-0.05, 0) is 62.1 Å². The highest BCUT2D eigenvalue weighted by Gasteiger charge is 2.35. The summed E-state index contributed by atoms with van der Waals surface area (Å²) in [6.45, 7) is 4.43. The first-order valence-corrected chi connectivity index (χ1v) is 9.80. The SMILES string of the molecule is COc1ccc(CC(C)C(=O)N2CCCCC2C2CCOCC2)cc1F. The molecule has 0 radical (unpaired) electrons. The van der Waals surface area contributed by atoms with E-state index in [1.807, 2.05) is 13.0 Å². The van der Waals surface area contributed by atoms with E-state index in [2.05, 4.69) is 4.90 Å². The molecule has 2 aliphatic rings. The minimum absolute atomic E-state index is 0.150. The van der Waals surface area contributed by atoms with Gasteiger partial charge in [-0.15, -0.1) is 0 Å². The summed E-state index contributed by atoms with van der Waals surface area (Å²) in [6.07, 6.45) is 6.02. The number of hydrogen-bond acceptors (Lipinski definition) is 3. The van der Waals surface area contributed by atoms with E-state index in [0.29, 0.717) is 18.4 Å². The lowest BCUT2D eigenvalue weighted by molar-refractivity contribution is -0.141. The first-order chi connectivity index (χ1) is 12.6. The molecule has 2 saturated heterocycles. The monoisotopic (exact) mass is 363 g/mol. The van der Waals surface area contributed by atoms with Gasteiger partial charge in [0.05, 0.1) is 7.11 Å². The lowest BCUT2D eigenvalue weighted by Crippen LogP contribution is -2.50. The highest BCUT2D eigenvalue weighted by molar-refractivity contribution is 5.79. The Hall–Kier alpha value is -1.62. The fourth-order valence-electron chi connectivity index (χ4n) is 4.38. The van der Waals surface area contributed by atoms with Crippen LogP contribution >= 0.6 is 0 Å². The third-order valence-corrected chi connectivity index (χ3v) is 5.82. The minimum Gasteiger partial charge on any atom is -0.494 e. The van der Waals surface area contributed by atoms with Crippen LogP contribution in [0.25, 0.3) is 0 Å². The summed E-state index contributed by atoms with van der Waals surface area (Å²) >= 11 is 0. The number of ether oxygens (including phenoxy) is 2. The molecule has 5 heteroatoms. The summed E-state index contributed by atoms with van der Waals surface area (Å²) in [7, 11) is 1.46. The average Bonchev–Trinajstić information content (AvgIpc) is 2.68. The normalized spacial score (nSPS) is 22.9. The summed E-state index contributed by atoms with van der Waals surface area (Å²) in [5.74, 6) is 0.477. The molecule has 4 nitrogen and oxygen atoms in total. The Labute approximate surface area is 155 Å². The lowest BCUT2D eigenvalue weighted by atomic mass is 9.84. The number of methoxy groups -OCH3 is 1. The third kappa shape index (κ3) is 4.37. The molecule has 1 amide bonds. The van der Waals surface area contributed by atoms with Gasteiger partial charge >= 0.3 is 0 Å². The zero-order chi connectivity index (χ0) is 18.5. The van der Waals surface area contributed by atoms with Crippen LogP contribution in [0.4, 0.5) is 4.39 Å². The Balaban J connectivity index is 1.66. The molecule has 0 saturated carbocycles. The maximum absolute atomic E-state index is 13.9. The molecule has 1 aromatic carbocycles. The number of rotatable bonds is 5. The van der Waals surface area contributed by atoms with Crippen LogP contribution in [0.5, 0.6) is 5.75 Å². The van der Waals surface area contributed by atoms with Crippen LogP contribution in [0.2, 0.25) is 0 Å². The zero-order valence-corrected chi connectivity index (χ0v) is 15.9. The number of nitrogens with zero attached hydrogens (tertiary/aromatic N) is 1. The molecular weight excluding hydrogens is 333 g/mol. The van der Waals surface area contributed by atoms with E-state index >= 15 is 0 Å². The Morgan fingerprint density at radius 1 is 1.31 bits per heavy atom. The van der Waals surface area contributed by atoms with Crippen molar-refractivity contribution in [2.75, 3.05) is 26.9 Å². The van der Waals surface area contributed by atoms with Crippen molar-refractivity contribution in [2.24, 2.45) is 11.8 Å². The minimum atomic E-state index is -0.372. The number of carbonyl (C=O) groups is 1. The summed E-state index contributed by atoms with van der Waals surface area (Å²) in [6, 6.07) is 5.30. The van der Waals surface area contributed by atoms with Crippen LogP contribution < -0.4 is 4.74 Å². The average molecular weight is 363 g/mol. The number of benzene rings is 1. The first kappa shape index (κ1) is 19.2. The molecule has 2 heterocycles. The van der Waals surface area contributed by atoms with E-state index < -0.39 is 0 Å². The van der Waals surface area contributed by atoms with Gasteiger partial charge in [-0.1, -0.05) is 13.0 Å². The Morgan fingerprint density at radius 3 is 2.77 bits per heavy atom. The van der Waals surface area contributed by atoms with Crippen molar-refractivity contribution in [3.05, 3.63) is 29.6 Å². The maximum Gasteiger partial charge on any atom is 0.225 e. The molecule has 2 atom stereocenters. The van der Waals surface area contributed by atoms with Crippen LogP contribution in [-0.4, -0.2) is 43.7 Å². The second-order valence-electron chi connectivity index (χ2n) is 7.62. The largest absolute Gasteiger partial charge is 0.494 e. The van der Waals surface area contributed by atoms with Gasteiger partial charge in [-0.2, -0.15) is 0 Å². The van der Waals surface area contributed by atoms with Crippen molar-refractivity contribution in [1.29, 1.82) is 0 Å². The molecule has 1 aromatic rings. The summed E-state index contributed by atoms with van der Waals surface area (Å²) in [5, 5.41) is 0. The molecule has 3 rings (SSSR count). The predicted molar refractivity (Wildman–Crippen MR) is 98.7 cm³/mol. The van der Waals surface area contributed by atoms with Crippen molar-refractivity contribution in [2.45, 2.75) is 51.5 Å². The van der Waals surface area contributed by atoms with Gasteiger partial charge in [0.15, 0.2) is 11.6 Å². The van der Waals surface area contributed by atoms with Gasteiger partial charge in [0.1, 0.15) is 0 Å². The van der Waals surface area contributed by atoms with Crippen molar-refractivity contribution in [1.82, 2.24) is 4.90 Å². The molecule has 0 N–H and O–H groups in total. The number of halogens is 1. The van der Waals surface area contributed by atoms with E-state index in [4.69, 9.17) is 9.47 Å². The van der Waals surface area contributed by atoms with Crippen LogP contribution in [0.15, 0.2) is 18.2 Å². The topological polar surface area (TPSA) is 38.8 Å². The van der Waals surface area contributed by atoms with Gasteiger partial charge in [0.25, 0.3) is 0 Å². The molecule has 144 valence electrons. The molecule has 2 fully saturated rings. The van der Waals surface area contributed by atoms with E-state index in [9.17, 15) is 9.18 Å². The lowest BCUT2D eigenvalue weighted by Gasteiger charge is -2.43. The van der Waals surface area contributed by atoms with Crippen LogP contribution in [0, 0.1) is 17.7 Å². The highest BCUT2D eigenvalue weighted by Crippen LogP contribution is 2.31.